The summed E-state index contributed by atoms with van der Waals surface area (Å²) in [5.41, 5.74) is 2.95. The van der Waals surface area contributed by atoms with Crippen molar-refractivity contribution in [1.82, 2.24) is 9.34 Å². The Bertz CT molecular complexity index is 464. The van der Waals surface area contributed by atoms with Gasteiger partial charge in [0, 0.05) is 26.2 Å². The molecule has 0 aromatic heterocycles. The van der Waals surface area contributed by atoms with E-state index in [9.17, 15) is 0 Å². The second-order valence-corrected chi connectivity index (χ2v) is 7.69. The maximum atomic E-state index is 2.65. The highest BCUT2D eigenvalue weighted by molar-refractivity contribution is 7.57. The smallest absolute Gasteiger partial charge is 0.0681 e. The molecular formula is C18H29N2P. The Morgan fingerprint density at radius 3 is 2.00 bits per heavy atom. The summed E-state index contributed by atoms with van der Waals surface area (Å²) in [7, 11) is -0.303. The Morgan fingerprint density at radius 1 is 0.857 bits per heavy atom. The summed E-state index contributed by atoms with van der Waals surface area (Å²) in [5, 5.41) is 1.65. The molecule has 0 radical (unpaired) electrons. The van der Waals surface area contributed by atoms with Crippen LogP contribution < -0.4 is 0 Å². The lowest BCUT2D eigenvalue weighted by molar-refractivity contribution is 0.426. The van der Waals surface area contributed by atoms with Crippen molar-refractivity contribution in [1.29, 1.82) is 0 Å². The van der Waals surface area contributed by atoms with Gasteiger partial charge >= 0.3 is 0 Å². The first-order valence-corrected chi connectivity index (χ1v) is 9.58. The van der Waals surface area contributed by atoms with E-state index in [0.717, 1.165) is 26.2 Å². The molecule has 0 unspecified atom stereocenters. The van der Waals surface area contributed by atoms with Gasteiger partial charge in [-0.2, -0.15) is 0 Å². The molecule has 1 aliphatic rings. The maximum absolute atomic E-state index is 2.65. The van der Waals surface area contributed by atoms with Gasteiger partial charge in [-0.25, -0.2) is 0 Å². The average Bonchev–Trinajstić information content (AvgIpc) is 2.55. The maximum Gasteiger partial charge on any atom is 0.0681 e. The van der Waals surface area contributed by atoms with Gasteiger partial charge in [-0.15, -0.1) is 0 Å². The number of nitrogens with zero attached hydrogens (tertiary/aromatic N) is 2. The van der Waals surface area contributed by atoms with Gasteiger partial charge in [0.25, 0.3) is 0 Å². The zero-order valence-corrected chi connectivity index (χ0v) is 14.9. The molecule has 0 saturated heterocycles. The SMILES string of the molecule is CCN(CC)P(C1=Cc2ccccc2CC1)N(CC)CC. The minimum absolute atomic E-state index is 0.303. The summed E-state index contributed by atoms with van der Waals surface area (Å²) < 4.78 is 5.31. The molecule has 0 spiro atoms. The van der Waals surface area contributed by atoms with Crippen LogP contribution in [0, 0.1) is 0 Å². The molecule has 116 valence electrons. The number of rotatable bonds is 7. The summed E-state index contributed by atoms with van der Waals surface area (Å²) in [5.74, 6) is 0. The molecular weight excluding hydrogens is 275 g/mol. The summed E-state index contributed by atoms with van der Waals surface area (Å²) in [6.45, 7) is 13.7. The van der Waals surface area contributed by atoms with E-state index in [4.69, 9.17) is 0 Å². The summed E-state index contributed by atoms with van der Waals surface area (Å²) in [6.07, 6.45) is 4.89. The highest BCUT2D eigenvalue weighted by Gasteiger charge is 2.27. The Balaban J connectivity index is 2.35. The third-order valence-corrected chi connectivity index (χ3v) is 7.35. The molecule has 2 nitrogen and oxygen atoms in total. The van der Waals surface area contributed by atoms with Gasteiger partial charge in [-0.05, 0) is 35.4 Å². The first-order chi connectivity index (χ1) is 10.2. The minimum atomic E-state index is -0.303. The molecule has 0 N–H and O–H groups in total. The third kappa shape index (κ3) is 3.74. The average molecular weight is 304 g/mol. The summed E-state index contributed by atoms with van der Waals surface area (Å²) >= 11 is 0. The van der Waals surface area contributed by atoms with Crippen molar-refractivity contribution < 1.29 is 0 Å². The van der Waals surface area contributed by atoms with Crippen molar-refractivity contribution in [3.8, 4) is 0 Å². The van der Waals surface area contributed by atoms with Crippen LogP contribution in [0.4, 0.5) is 0 Å². The quantitative estimate of drug-likeness (QED) is 0.656. The van der Waals surface area contributed by atoms with Crippen LogP contribution in [0.3, 0.4) is 0 Å². The molecule has 0 saturated carbocycles. The van der Waals surface area contributed by atoms with Gasteiger partial charge in [-0.1, -0.05) is 52.0 Å². The van der Waals surface area contributed by atoms with Crippen LogP contribution >= 0.6 is 8.22 Å². The molecule has 3 heteroatoms. The molecule has 0 aliphatic heterocycles. The molecule has 0 heterocycles. The molecule has 21 heavy (non-hydrogen) atoms. The molecule has 2 rings (SSSR count). The first kappa shape index (κ1) is 16.7. The van der Waals surface area contributed by atoms with E-state index in [1.54, 1.807) is 5.31 Å². The van der Waals surface area contributed by atoms with Gasteiger partial charge in [-0.3, -0.25) is 9.34 Å². The highest BCUT2D eigenvalue weighted by atomic mass is 31.1. The van der Waals surface area contributed by atoms with Gasteiger partial charge in [0.2, 0.25) is 0 Å². The van der Waals surface area contributed by atoms with Crippen molar-refractivity contribution in [2.24, 2.45) is 0 Å². The normalized spacial score (nSPS) is 14.7. The van der Waals surface area contributed by atoms with Gasteiger partial charge < -0.3 is 0 Å². The molecule has 0 amide bonds. The van der Waals surface area contributed by atoms with Crippen LogP contribution in [-0.4, -0.2) is 35.5 Å². The van der Waals surface area contributed by atoms with Crippen molar-refractivity contribution in [3.05, 3.63) is 40.7 Å². The lowest BCUT2D eigenvalue weighted by Crippen LogP contribution is -2.30. The first-order valence-electron chi connectivity index (χ1n) is 8.33. The van der Waals surface area contributed by atoms with E-state index < -0.39 is 0 Å². The fourth-order valence-electron chi connectivity index (χ4n) is 3.10. The van der Waals surface area contributed by atoms with Crippen LogP contribution in [0.5, 0.6) is 0 Å². The Hall–Kier alpha value is -0.690. The lowest BCUT2D eigenvalue weighted by Gasteiger charge is -2.40. The minimum Gasteiger partial charge on any atom is -0.267 e. The zero-order valence-electron chi connectivity index (χ0n) is 14.0. The number of fused-ring (bicyclic) bond motifs is 1. The van der Waals surface area contributed by atoms with E-state index >= 15 is 0 Å². The fourth-order valence-corrected chi connectivity index (χ4v) is 5.82. The number of allylic oxidation sites excluding steroid dienone is 1. The fraction of sp³-hybridized carbons (Fsp3) is 0.556. The van der Waals surface area contributed by atoms with Crippen molar-refractivity contribution in [2.45, 2.75) is 40.5 Å². The molecule has 0 bridgehead atoms. The van der Waals surface area contributed by atoms with Crippen LogP contribution in [0.25, 0.3) is 6.08 Å². The van der Waals surface area contributed by atoms with E-state index in [0.29, 0.717) is 0 Å². The number of hydrogen-bond acceptors (Lipinski definition) is 2. The molecule has 1 aromatic carbocycles. The Labute approximate surface area is 131 Å². The molecule has 0 fully saturated rings. The molecule has 0 atom stereocenters. The molecule has 1 aromatic rings. The van der Waals surface area contributed by atoms with Crippen molar-refractivity contribution in [2.75, 3.05) is 26.2 Å². The summed E-state index contributed by atoms with van der Waals surface area (Å²) in [4.78, 5) is 0. The highest BCUT2D eigenvalue weighted by Crippen LogP contribution is 2.54. The van der Waals surface area contributed by atoms with Crippen LogP contribution in [-0.2, 0) is 6.42 Å². The lowest BCUT2D eigenvalue weighted by atomic mass is 9.98. The number of benzene rings is 1. The summed E-state index contributed by atoms with van der Waals surface area (Å²) in [6, 6.07) is 8.87. The topological polar surface area (TPSA) is 6.48 Å². The van der Waals surface area contributed by atoms with Crippen LogP contribution in [0.1, 0.15) is 45.2 Å². The van der Waals surface area contributed by atoms with Crippen LogP contribution in [0.15, 0.2) is 29.6 Å². The third-order valence-electron chi connectivity index (χ3n) is 4.28. The Kier molecular flexibility index (Phi) is 6.41. The van der Waals surface area contributed by atoms with Crippen LogP contribution in [0.2, 0.25) is 0 Å². The standard InChI is InChI=1S/C18H29N2P/c1-5-19(6-2)21(20(7-3)8-4)18-14-13-16-11-9-10-12-17(16)15-18/h9-12,15H,5-8,13-14H2,1-4H3. The number of aryl methyl sites for hydroxylation is 1. The van der Waals surface area contributed by atoms with E-state index in [2.05, 4.69) is 67.4 Å². The van der Waals surface area contributed by atoms with Gasteiger partial charge in [0.15, 0.2) is 0 Å². The van der Waals surface area contributed by atoms with Gasteiger partial charge in [0.05, 0.1) is 8.22 Å². The second-order valence-electron chi connectivity index (χ2n) is 5.40. The molecule has 1 aliphatic carbocycles. The zero-order chi connectivity index (χ0) is 15.2. The van der Waals surface area contributed by atoms with Crippen molar-refractivity contribution in [3.63, 3.8) is 0 Å². The predicted molar refractivity (Wildman–Crippen MR) is 95.5 cm³/mol. The Morgan fingerprint density at radius 2 is 1.43 bits per heavy atom. The largest absolute Gasteiger partial charge is 0.267 e. The van der Waals surface area contributed by atoms with Crippen molar-refractivity contribution >= 4 is 14.3 Å². The van der Waals surface area contributed by atoms with E-state index in [1.165, 1.54) is 24.0 Å². The second kappa shape index (κ2) is 8.08. The van der Waals surface area contributed by atoms with E-state index in [-0.39, 0.29) is 8.22 Å². The number of hydrogen-bond donors (Lipinski definition) is 0. The van der Waals surface area contributed by atoms with E-state index in [1.807, 2.05) is 0 Å². The van der Waals surface area contributed by atoms with Gasteiger partial charge in [0.1, 0.15) is 0 Å². The monoisotopic (exact) mass is 304 g/mol. The predicted octanol–water partition coefficient (Wildman–Crippen LogP) is 4.97.